The zero-order valence-electron chi connectivity index (χ0n) is 9.57. The summed E-state index contributed by atoms with van der Waals surface area (Å²) in [5.74, 6) is 0. The van der Waals surface area contributed by atoms with E-state index in [1.165, 1.54) is 10.4 Å². The summed E-state index contributed by atoms with van der Waals surface area (Å²) in [5, 5.41) is 1.83. The average Bonchev–Trinajstić information content (AvgIpc) is 2.89. The maximum Gasteiger partial charge on any atom is 0.0794 e. The van der Waals surface area contributed by atoms with Crippen LogP contribution in [-0.2, 0) is 11.8 Å². The highest BCUT2D eigenvalue weighted by atomic mass is 79.9. The first-order valence-electron chi connectivity index (χ1n) is 5.45. The number of hydrogen-bond donors (Lipinski definition) is 0. The first-order valence-corrected chi connectivity index (χ1v) is 9.37. The van der Waals surface area contributed by atoms with Crippen LogP contribution in [0.3, 0.4) is 0 Å². The third-order valence-electron chi connectivity index (χ3n) is 2.94. The van der Waals surface area contributed by atoms with Crippen molar-refractivity contribution in [2.75, 3.05) is 10.7 Å². The molecule has 0 N–H and O–H groups in total. The minimum Gasteiger partial charge on any atom is -0.253 e. The molecule has 0 amide bonds. The van der Waals surface area contributed by atoms with Gasteiger partial charge in [0.05, 0.1) is 5.51 Å². The van der Waals surface area contributed by atoms with Crippen molar-refractivity contribution in [2.24, 2.45) is 0 Å². The minimum absolute atomic E-state index is 0.0658. The Morgan fingerprint density at radius 1 is 1.22 bits per heavy atom. The van der Waals surface area contributed by atoms with Crippen LogP contribution in [0.5, 0.6) is 0 Å². The lowest BCUT2D eigenvalue weighted by atomic mass is 9.81. The van der Waals surface area contributed by atoms with Gasteiger partial charge in [0.2, 0.25) is 0 Å². The van der Waals surface area contributed by atoms with Gasteiger partial charge in [-0.2, -0.15) is 0 Å². The van der Waals surface area contributed by atoms with Crippen LogP contribution in [0.1, 0.15) is 10.4 Å². The van der Waals surface area contributed by atoms with E-state index in [9.17, 15) is 0 Å². The molecule has 0 fully saturated rings. The minimum atomic E-state index is 0.0658. The molecule has 0 radical (unpaired) electrons. The summed E-state index contributed by atoms with van der Waals surface area (Å²) in [6.45, 7) is 0. The average molecular weight is 454 g/mol. The lowest BCUT2D eigenvalue weighted by Gasteiger charge is -2.30. The molecule has 1 nitrogen and oxygen atoms in total. The zero-order valence-corrected chi connectivity index (χ0v) is 15.1. The van der Waals surface area contributed by atoms with E-state index in [4.69, 9.17) is 0 Å². The van der Waals surface area contributed by atoms with E-state index >= 15 is 0 Å². The molecule has 5 heteroatoms. The summed E-state index contributed by atoms with van der Waals surface area (Å²) >= 11 is 12.6. The highest BCUT2D eigenvalue weighted by molar-refractivity contribution is 9.10. The molecule has 18 heavy (non-hydrogen) atoms. The summed E-state index contributed by atoms with van der Waals surface area (Å²) in [7, 11) is 0. The Morgan fingerprint density at radius 2 is 2.00 bits per heavy atom. The number of benzene rings is 1. The van der Waals surface area contributed by atoms with E-state index < -0.39 is 0 Å². The summed E-state index contributed by atoms with van der Waals surface area (Å²) in [4.78, 5) is 5.48. The molecule has 0 atom stereocenters. The van der Waals surface area contributed by atoms with Crippen LogP contribution in [0.25, 0.3) is 0 Å². The molecule has 1 aromatic carbocycles. The fraction of sp³-hybridized carbons (Fsp3) is 0.308. The van der Waals surface area contributed by atoms with Gasteiger partial charge < -0.3 is 0 Å². The van der Waals surface area contributed by atoms with Crippen LogP contribution in [0.15, 0.2) is 40.4 Å². The Kier molecular flexibility index (Phi) is 5.42. The van der Waals surface area contributed by atoms with Gasteiger partial charge in [-0.3, -0.25) is 4.98 Å². The summed E-state index contributed by atoms with van der Waals surface area (Å²) < 4.78 is 1.12. The Balaban J connectivity index is 2.37. The Labute approximate surface area is 136 Å². The summed E-state index contributed by atoms with van der Waals surface area (Å²) in [5.41, 5.74) is 3.29. The predicted octanol–water partition coefficient (Wildman–Crippen LogP) is 5.18. The SMILES string of the molecule is BrCC(CBr)(Cc1cncs1)c1cccc(Br)c1. The molecular weight excluding hydrogens is 442 g/mol. The fourth-order valence-corrected chi connectivity index (χ4v) is 4.98. The molecule has 96 valence electrons. The van der Waals surface area contributed by atoms with E-state index in [2.05, 4.69) is 77.0 Å². The second kappa shape index (κ2) is 6.64. The van der Waals surface area contributed by atoms with Crippen molar-refractivity contribution in [1.82, 2.24) is 4.98 Å². The van der Waals surface area contributed by atoms with Crippen molar-refractivity contribution in [1.29, 1.82) is 0 Å². The molecule has 0 aliphatic rings. The standard InChI is InChI=1S/C13H12Br3NS/c14-7-13(8-15,5-12-6-17-9-18-12)10-2-1-3-11(16)4-10/h1-4,6,9H,5,7-8H2. The van der Waals surface area contributed by atoms with Gasteiger partial charge in [0.25, 0.3) is 0 Å². The Morgan fingerprint density at radius 3 is 2.56 bits per heavy atom. The number of halogens is 3. The van der Waals surface area contributed by atoms with Gasteiger partial charge in [0, 0.05) is 31.6 Å². The Hall–Kier alpha value is 0.290. The van der Waals surface area contributed by atoms with Crippen LogP contribution in [0.4, 0.5) is 0 Å². The van der Waals surface area contributed by atoms with Crippen LogP contribution in [0.2, 0.25) is 0 Å². The molecule has 1 heterocycles. The van der Waals surface area contributed by atoms with Gasteiger partial charge in [-0.15, -0.1) is 11.3 Å². The smallest absolute Gasteiger partial charge is 0.0794 e. The lowest BCUT2D eigenvalue weighted by molar-refractivity contribution is 0.555. The van der Waals surface area contributed by atoms with Crippen molar-refractivity contribution >= 4 is 59.1 Å². The largest absolute Gasteiger partial charge is 0.253 e. The van der Waals surface area contributed by atoms with E-state index in [0.717, 1.165) is 21.6 Å². The highest BCUT2D eigenvalue weighted by Gasteiger charge is 2.31. The first kappa shape index (κ1) is 14.7. The van der Waals surface area contributed by atoms with Crippen LogP contribution >= 0.6 is 59.1 Å². The van der Waals surface area contributed by atoms with Gasteiger partial charge in [0.15, 0.2) is 0 Å². The van der Waals surface area contributed by atoms with Gasteiger partial charge >= 0.3 is 0 Å². The molecule has 2 aromatic rings. The summed E-state index contributed by atoms with van der Waals surface area (Å²) in [6, 6.07) is 8.54. The van der Waals surface area contributed by atoms with Crippen molar-refractivity contribution in [3.05, 3.63) is 50.9 Å². The predicted molar refractivity (Wildman–Crippen MR) is 89.2 cm³/mol. The maximum atomic E-state index is 4.16. The third-order valence-corrected chi connectivity index (χ3v) is 6.36. The molecule has 0 unspecified atom stereocenters. The van der Waals surface area contributed by atoms with E-state index in [-0.39, 0.29) is 5.41 Å². The lowest BCUT2D eigenvalue weighted by Crippen LogP contribution is -2.32. The van der Waals surface area contributed by atoms with Gasteiger partial charge in [0.1, 0.15) is 0 Å². The molecule has 0 saturated carbocycles. The van der Waals surface area contributed by atoms with Crippen LogP contribution in [-0.4, -0.2) is 15.6 Å². The number of rotatable bonds is 5. The number of thiazole rings is 1. The van der Waals surface area contributed by atoms with Crippen LogP contribution < -0.4 is 0 Å². The van der Waals surface area contributed by atoms with Crippen molar-refractivity contribution < 1.29 is 0 Å². The van der Waals surface area contributed by atoms with E-state index in [0.29, 0.717) is 0 Å². The molecule has 0 bridgehead atoms. The molecule has 0 aliphatic heterocycles. The first-order chi connectivity index (χ1) is 8.70. The quantitative estimate of drug-likeness (QED) is 0.569. The third kappa shape index (κ3) is 3.24. The number of nitrogens with zero attached hydrogens (tertiary/aromatic N) is 1. The van der Waals surface area contributed by atoms with Crippen molar-refractivity contribution in [3.63, 3.8) is 0 Å². The topological polar surface area (TPSA) is 12.9 Å². The van der Waals surface area contributed by atoms with Gasteiger partial charge in [-0.25, -0.2) is 0 Å². The maximum absolute atomic E-state index is 4.16. The highest BCUT2D eigenvalue weighted by Crippen LogP contribution is 2.34. The monoisotopic (exact) mass is 451 g/mol. The molecule has 1 aromatic heterocycles. The van der Waals surface area contributed by atoms with E-state index in [1.807, 2.05) is 11.7 Å². The van der Waals surface area contributed by atoms with Crippen molar-refractivity contribution in [2.45, 2.75) is 11.8 Å². The fourth-order valence-electron chi connectivity index (χ4n) is 1.87. The zero-order chi connectivity index (χ0) is 13.0. The van der Waals surface area contributed by atoms with E-state index in [1.54, 1.807) is 11.3 Å². The number of aromatic nitrogens is 1. The number of alkyl halides is 2. The molecule has 2 rings (SSSR count). The van der Waals surface area contributed by atoms with Gasteiger partial charge in [-0.1, -0.05) is 59.9 Å². The van der Waals surface area contributed by atoms with Gasteiger partial charge in [-0.05, 0) is 24.1 Å². The summed E-state index contributed by atoms with van der Waals surface area (Å²) in [6.07, 6.45) is 2.95. The second-order valence-electron chi connectivity index (χ2n) is 4.20. The molecule has 0 saturated heterocycles. The number of hydrogen-bond acceptors (Lipinski definition) is 2. The van der Waals surface area contributed by atoms with Crippen LogP contribution in [0, 0.1) is 0 Å². The van der Waals surface area contributed by atoms with Crippen molar-refractivity contribution in [3.8, 4) is 0 Å². The molecular formula is C13H12Br3NS. The normalized spacial score (nSPS) is 11.7. The second-order valence-corrected chi connectivity index (χ2v) is 7.21. The molecule has 0 aliphatic carbocycles. The molecule has 0 spiro atoms. The Bertz CT molecular complexity index is 495.